The van der Waals surface area contributed by atoms with Gasteiger partial charge in [0.05, 0.1) is 0 Å². The van der Waals surface area contributed by atoms with Crippen LogP contribution in [0.5, 0.6) is 0 Å². The molecule has 0 saturated heterocycles. The van der Waals surface area contributed by atoms with Crippen LogP contribution >= 0.6 is 0 Å². The minimum Gasteiger partial charge on any atom is -0.540 e. The number of aromatic nitrogens is 1. The normalized spacial score (nSPS) is 9.50. The molecule has 0 aliphatic rings. The van der Waals surface area contributed by atoms with Gasteiger partial charge in [0.2, 0.25) is 0 Å². The van der Waals surface area contributed by atoms with Gasteiger partial charge in [-0.15, -0.1) is 0 Å². The number of carboxylic acids is 1. The average molecular weight is 193 g/mol. The van der Waals surface area contributed by atoms with E-state index in [0.29, 0.717) is 0 Å². The molecule has 0 spiro atoms. The Morgan fingerprint density at radius 1 is 1.43 bits per heavy atom. The highest BCUT2D eigenvalue weighted by atomic mass is 16.4. The topological polar surface area (TPSA) is 73.3 Å². The van der Waals surface area contributed by atoms with Crippen LogP contribution in [0.1, 0.15) is 5.56 Å². The summed E-state index contributed by atoms with van der Waals surface area (Å²) in [5.41, 5.74) is 0.817. The lowest BCUT2D eigenvalue weighted by atomic mass is 10.2. The van der Waals surface area contributed by atoms with E-state index in [4.69, 9.17) is 0 Å². The van der Waals surface area contributed by atoms with Gasteiger partial charge in [-0.05, 0) is 17.7 Å². The zero-order chi connectivity index (χ0) is 10.6. The molecule has 0 bridgehead atoms. The molecule has 5 heteroatoms. The Morgan fingerprint density at radius 3 is 2.50 bits per heavy atom. The van der Waals surface area contributed by atoms with E-state index in [0.717, 1.165) is 10.5 Å². The van der Waals surface area contributed by atoms with E-state index >= 15 is 0 Å². The maximum Gasteiger partial charge on any atom is 0.269 e. The predicted molar refractivity (Wildman–Crippen MR) is 45.7 cm³/mol. The summed E-state index contributed by atoms with van der Waals surface area (Å²) >= 11 is 0. The van der Waals surface area contributed by atoms with Gasteiger partial charge in [-0.2, -0.15) is 0 Å². The molecule has 1 amide bonds. The lowest BCUT2D eigenvalue weighted by Gasteiger charge is -2.17. The van der Waals surface area contributed by atoms with E-state index in [1.807, 2.05) is 0 Å². The van der Waals surface area contributed by atoms with Gasteiger partial charge in [-0.1, -0.05) is 0 Å². The number of amides is 1. The van der Waals surface area contributed by atoms with Crippen molar-refractivity contribution >= 4 is 11.9 Å². The fourth-order valence-electron chi connectivity index (χ4n) is 0.990. The van der Waals surface area contributed by atoms with E-state index in [1.165, 1.54) is 7.05 Å². The van der Waals surface area contributed by atoms with Crippen LogP contribution in [0.2, 0.25) is 0 Å². The minimum absolute atomic E-state index is 0.231. The molecule has 74 valence electrons. The quantitative estimate of drug-likeness (QED) is 0.552. The molecule has 0 aliphatic carbocycles. The van der Waals surface area contributed by atoms with Crippen molar-refractivity contribution < 1.29 is 14.7 Å². The zero-order valence-corrected chi connectivity index (χ0v) is 7.64. The van der Waals surface area contributed by atoms with Gasteiger partial charge < -0.3 is 14.8 Å². The highest BCUT2D eigenvalue weighted by Gasteiger charge is 2.09. The van der Waals surface area contributed by atoms with Crippen LogP contribution in [0.25, 0.3) is 0 Å². The summed E-state index contributed by atoms with van der Waals surface area (Å²) in [5.74, 6) is -2.72. The molecule has 1 aromatic heterocycles. The third-order valence-corrected chi connectivity index (χ3v) is 1.69. The largest absolute Gasteiger partial charge is 0.540 e. The number of likely N-dealkylation sites (N-methyl/N-ethyl adjacent to an activating group) is 1. The van der Waals surface area contributed by atoms with Gasteiger partial charge in [0.15, 0.2) is 0 Å². The molecule has 0 aliphatic heterocycles. The van der Waals surface area contributed by atoms with Gasteiger partial charge in [-0.3, -0.25) is 9.78 Å². The zero-order valence-electron chi connectivity index (χ0n) is 7.64. The van der Waals surface area contributed by atoms with E-state index in [9.17, 15) is 14.7 Å². The van der Waals surface area contributed by atoms with Crippen molar-refractivity contribution in [3.8, 4) is 0 Å². The fourth-order valence-corrected chi connectivity index (χ4v) is 0.990. The van der Waals surface area contributed by atoms with Crippen LogP contribution in [-0.2, 0) is 16.1 Å². The van der Waals surface area contributed by atoms with E-state index in [1.54, 1.807) is 24.5 Å². The summed E-state index contributed by atoms with van der Waals surface area (Å²) in [7, 11) is 1.40. The molecule has 0 saturated carbocycles. The standard InChI is InChI=1S/C9H10N2O3/c1-11(8(12)9(13)14)6-7-2-4-10-5-3-7/h2-5H,6H2,1H3,(H,13,14)/p-1. The number of pyridine rings is 1. The first-order valence-corrected chi connectivity index (χ1v) is 3.96. The molecule has 0 aromatic carbocycles. The average Bonchev–Trinajstić information content (AvgIpc) is 2.18. The molecule has 0 N–H and O–H groups in total. The second kappa shape index (κ2) is 4.36. The van der Waals surface area contributed by atoms with Crippen molar-refractivity contribution in [3.05, 3.63) is 30.1 Å². The lowest BCUT2D eigenvalue weighted by Crippen LogP contribution is -2.41. The molecule has 1 heterocycles. The number of carboxylic acid groups (broad SMARTS) is 1. The van der Waals surface area contributed by atoms with Crippen molar-refractivity contribution in [2.75, 3.05) is 7.05 Å². The molecular formula is C9H9N2O3-. The van der Waals surface area contributed by atoms with Gasteiger partial charge in [0.25, 0.3) is 5.91 Å². The summed E-state index contributed by atoms with van der Waals surface area (Å²) in [4.78, 5) is 26.0. The van der Waals surface area contributed by atoms with Crippen LogP contribution < -0.4 is 5.11 Å². The highest BCUT2D eigenvalue weighted by Crippen LogP contribution is 2.00. The highest BCUT2D eigenvalue weighted by molar-refractivity contribution is 6.30. The molecule has 1 aromatic rings. The number of carbonyl (C=O) groups is 2. The number of hydrogen-bond acceptors (Lipinski definition) is 4. The van der Waals surface area contributed by atoms with Crippen molar-refractivity contribution in [1.29, 1.82) is 0 Å². The maximum atomic E-state index is 10.9. The van der Waals surface area contributed by atoms with Crippen molar-refractivity contribution in [1.82, 2.24) is 9.88 Å². The van der Waals surface area contributed by atoms with E-state index in [2.05, 4.69) is 4.98 Å². The van der Waals surface area contributed by atoms with Crippen LogP contribution in [0, 0.1) is 0 Å². The van der Waals surface area contributed by atoms with Gasteiger partial charge in [-0.25, -0.2) is 0 Å². The molecule has 0 fully saturated rings. The summed E-state index contributed by atoms with van der Waals surface area (Å²) < 4.78 is 0. The van der Waals surface area contributed by atoms with Crippen LogP contribution in [0.4, 0.5) is 0 Å². The summed E-state index contributed by atoms with van der Waals surface area (Å²) in [6.45, 7) is 0.231. The first kappa shape index (κ1) is 10.2. The van der Waals surface area contributed by atoms with Gasteiger partial charge in [0, 0.05) is 26.0 Å². The number of nitrogens with zero attached hydrogens (tertiary/aromatic N) is 2. The molecular weight excluding hydrogens is 184 g/mol. The summed E-state index contributed by atoms with van der Waals surface area (Å²) in [5, 5.41) is 10.2. The molecule has 0 radical (unpaired) electrons. The Bertz CT molecular complexity index is 337. The Hall–Kier alpha value is -1.91. The number of hydrogen-bond donors (Lipinski definition) is 0. The lowest BCUT2D eigenvalue weighted by molar-refractivity contribution is -0.301. The third-order valence-electron chi connectivity index (χ3n) is 1.69. The molecule has 0 unspecified atom stereocenters. The van der Waals surface area contributed by atoms with Crippen LogP contribution in [-0.4, -0.2) is 28.8 Å². The third kappa shape index (κ3) is 2.55. The second-order valence-electron chi connectivity index (χ2n) is 2.80. The second-order valence-corrected chi connectivity index (χ2v) is 2.80. The molecule has 0 atom stereocenters. The number of carbonyl (C=O) groups excluding carboxylic acids is 2. The Labute approximate surface area is 81.0 Å². The monoisotopic (exact) mass is 193 g/mol. The Morgan fingerprint density at radius 2 is 2.00 bits per heavy atom. The Kier molecular flexibility index (Phi) is 3.17. The van der Waals surface area contributed by atoms with Crippen LogP contribution in [0.15, 0.2) is 24.5 Å². The van der Waals surface area contributed by atoms with Gasteiger partial charge >= 0.3 is 0 Å². The minimum atomic E-state index is -1.69. The SMILES string of the molecule is CN(Cc1ccncc1)C(=O)C(=O)[O-]. The number of rotatable bonds is 2. The summed E-state index contributed by atoms with van der Waals surface area (Å²) in [6.07, 6.45) is 3.15. The fraction of sp³-hybridized carbons (Fsp3) is 0.222. The predicted octanol–water partition coefficient (Wildman–Crippen LogP) is -1.21. The molecule has 14 heavy (non-hydrogen) atoms. The Balaban J connectivity index is 2.62. The van der Waals surface area contributed by atoms with Crippen molar-refractivity contribution in [2.45, 2.75) is 6.54 Å². The first-order chi connectivity index (χ1) is 6.61. The summed E-state index contributed by atoms with van der Waals surface area (Å²) in [6, 6.07) is 3.41. The smallest absolute Gasteiger partial charge is 0.269 e. The molecule has 5 nitrogen and oxygen atoms in total. The van der Waals surface area contributed by atoms with E-state index < -0.39 is 11.9 Å². The maximum absolute atomic E-state index is 10.9. The van der Waals surface area contributed by atoms with Crippen molar-refractivity contribution in [3.63, 3.8) is 0 Å². The van der Waals surface area contributed by atoms with Gasteiger partial charge in [0.1, 0.15) is 5.97 Å². The van der Waals surface area contributed by atoms with Crippen molar-refractivity contribution in [2.24, 2.45) is 0 Å². The molecule has 1 rings (SSSR count). The first-order valence-electron chi connectivity index (χ1n) is 3.96. The van der Waals surface area contributed by atoms with Crippen LogP contribution in [0.3, 0.4) is 0 Å². The number of aliphatic carboxylic acids is 1. The van der Waals surface area contributed by atoms with E-state index in [-0.39, 0.29) is 6.54 Å².